The standard InChI is InChI=1S/C12H19N3O3S/c1-3-10-13-14-12(19-7-11(16)17)15(10)8-4-5-9(6-8)18-2/h8-9H,3-7H2,1-2H3,(H,16,17). The molecule has 106 valence electrons. The summed E-state index contributed by atoms with van der Waals surface area (Å²) in [6.07, 6.45) is 4.10. The molecule has 1 aliphatic rings. The highest BCUT2D eigenvalue weighted by atomic mass is 32.2. The van der Waals surface area contributed by atoms with Crippen molar-refractivity contribution in [1.29, 1.82) is 0 Å². The van der Waals surface area contributed by atoms with Gasteiger partial charge < -0.3 is 14.4 Å². The molecular weight excluding hydrogens is 266 g/mol. The fourth-order valence-electron chi connectivity index (χ4n) is 2.51. The molecule has 1 fully saturated rings. The van der Waals surface area contributed by atoms with E-state index in [2.05, 4.69) is 14.8 Å². The molecule has 0 aromatic carbocycles. The van der Waals surface area contributed by atoms with Crippen molar-refractivity contribution in [2.75, 3.05) is 12.9 Å². The maximum Gasteiger partial charge on any atom is 0.313 e. The van der Waals surface area contributed by atoms with E-state index in [1.54, 1.807) is 7.11 Å². The predicted octanol–water partition coefficient (Wildman–Crippen LogP) is 1.76. The van der Waals surface area contributed by atoms with E-state index in [0.717, 1.165) is 31.5 Å². The van der Waals surface area contributed by atoms with E-state index in [9.17, 15) is 4.79 Å². The molecule has 0 radical (unpaired) electrons. The van der Waals surface area contributed by atoms with Crippen LogP contribution in [0.1, 0.15) is 38.1 Å². The van der Waals surface area contributed by atoms with Crippen molar-refractivity contribution in [3.05, 3.63) is 5.82 Å². The van der Waals surface area contributed by atoms with Crippen LogP contribution in [0.4, 0.5) is 0 Å². The lowest BCUT2D eigenvalue weighted by molar-refractivity contribution is -0.133. The van der Waals surface area contributed by atoms with E-state index in [-0.39, 0.29) is 11.9 Å². The number of carboxylic acids is 1. The summed E-state index contributed by atoms with van der Waals surface area (Å²) in [4.78, 5) is 10.7. The minimum Gasteiger partial charge on any atom is -0.481 e. The number of hydrogen-bond donors (Lipinski definition) is 1. The van der Waals surface area contributed by atoms with Crippen molar-refractivity contribution in [1.82, 2.24) is 14.8 Å². The van der Waals surface area contributed by atoms with Crippen molar-refractivity contribution in [2.24, 2.45) is 0 Å². The van der Waals surface area contributed by atoms with Gasteiger partial charge in [0.2, 0.25) is 0 Å². The van der Waals surface area contributed by atoms with Gasteiger partial charge in [0.05, 0.1) is 11.9 Å². The molecule has 0 spiro atoms. The molecule has 1 saturated carbocycles. The lowest BCUT2D eigenvalue weighted by Crippen LogP contribution is -2.13. The summed E-state index contributed by atoms with van der Waals surface area (Å²) in [6.45, 7) is 2.04. The van der Waals surface area contributed by atoms with Gasteiger partial charge in [0.25, 0.3) is 0 Å². The maximum atomic E-state index is 10.7. The van der Waals surface area contributed by atoms with Gasteiger partial charge in [0.1, 0.15) is 5.82 Å². The number of hydrogen-bond acceptors (Lipinski definition) is 5. The van der Waals surface area contributed by atoms with E-state index in [1.165, 1.54) is 11.8 Å². The fraction of sp³-hybridized carbons (Fsp3) is 0.750. The zero-order chi connectivity index (χ0) is 13.8. The highest BCUT2D eigenvalue weighted by Crippen LogP contribution is 2.35. The quantitative estimate of drug-likeness (QED) is 0.802. The number of rotatable bonds is 6. The number of nitrogens with zero attached hydrogens (tertiary/aromatic N) is 3. The van der Waals surface area contributed by atoms with Crippen LogP contribution < -0.4 is 0 Å². The number of thioether (sulfide) groups is 1. The smallest absolute Gasteiger partial charge is 0.313 e. The predicted molar refractivity (Wildman–Crippen MR) is 71.4 cm³/mol. The molecule has 1 aliphatic carbocycles. The Kier molecular flexibility index (Phi) is 4.81. The molecule has 0 amide bonds. The summed E-state index contributed by atoms with van der Waals surface area (Å²) in [7, 11) is 1.74. The first-order valence-corrected chi connectivity index (χ1v) is 7.45. The van der Waals surface area contributed by atoms with Crippen molar-refractivity contribution >= 4 is 17.7 Å². The summed E-state index contributed by atoms with van der Waals surface area (Å²) in [5.74, 6) is 0.107. The van der Waals surface area contributed by atoms with Crippen LogP contribution in [0.3, 0.4) is 0 Å². The Balaban J connectivity index is 2.16. The number of ether oxygens (including phenoxy) is 1. The molecule has 1 N–H and O–H groups in total. The van der Waals surface area contributed by atoms with Crippen LogP contribution in [0.25, 0.3) is 0 Å². The average Bonchev–Trinajstić information content (AvgIpc) is 3.01. The van der Waals surface area contributed by atoms with Gasteiger partial charge in [-0.25, -0.2) is 0 Å². The third-order valence-electron chi connectivity index (χ3n) is 3.43. The number of aryl methyl sites for hydroxylation is 1. The summed E-state index contributed by atoms with van der Waals surface area (Å²) in [5.41, 5.74) is 0. The van der Waals surface area contributed by atoms with Gasteiger partial charge >= 0.3 is 5.97 Å². The van der Waals surface area contributed by atoms with Crippen molar-refractivity contribution < 1.29 is 14.6 Å². The van der Waals surface area contributed by atoms with Crippen LogP contribution in [-0.4, -0.2) is 44.8 Å². The Hall–Kier alpha value is -1.08. The zero-order valence-corrected chi connectivity index (χ0v) is 12.0. The molecule has 2 atom stereocenters. The number of methoxy groups -OCH3 is 1. The summed E-state index contributed by atoms with van der Waals surface area (Å²) in [6, 6.07) is 0.325. The SMILES string of the molecule is CCc1nnc(SCC(=O)O)n1C1CCC(OC)C1. The number of carboxylic acid groups (broad SMARTS) is 1. The first kappa shape index (κ1) is 14.3. The zero-order valence-electron chi connectivity index (χ0n) is 11.2. The van der Waals surface area contributed by atoms with Gasteiger partial charge in [-0.15, -0.1) is 10.2 Å². The van der Waals surface area contributed by atoms with Crippen molar-refractivity contribution in [3.8, 4) is 0 Å². The van der Waals surface area contributed by atoms with Gasteiger partial charge in [-0.1, -0.05) is 18.7 Å². The normalized spacial score (nSPS) is 22.8. The second-order valence-electron chi connectivity index (χ2n) is 4.63. The molecule has 0 saturated heterocycles. The molecule has 2 rings (SSSR count). The third-order valence-corrected chi connectivity index (χ3v) is 4.36. The number of aromatic nitrogens is 3. The largest absolute Gasteiger partial charge is 0.481 e. The first-order valence-electron chi connectivity index (χ1n) is 6.46. The van der Waals surface area contributed by atoms with Crippen LogP contribution in [0, 0.1) is 0 Å². The van der Waals surface area contributed by atoms with E-state index < -0.39 is 5.97 Å². The van der Waals surface area contributed by atoms with Gasteiger partial charge in [-0.3, -0.25) is 4.79 Å². The molecule has 1 aromatic heterocycles. The molecular formula is C12H19N3O3S. The number of aliphatic carboxylic acids is 1. The molecule has 19 heavy (non-hydrogen) atoms. The van der Waals surface area contributed by atoms with Gasteiger partial charge in [0.15, 0.2) is 5.16 Å². The van der Waals surface area contributed by atoms with Crippen LogP contribution >= 0.6 is 11.8 Å². The lowest BCUT2D eigenvalue weighted by atomic mass is 10.2. The molecule has 6 nitrogen and oxygen atoms in total. The highest BCUT2D eigenvalue weighted by Gasteiger charge is 2.29. The minimum atomic E-state index is -0.834. The van der Waals surface area contributed by atoms with Gasteiger partial charge in [-0.05, 0) is 19.3 Å². The third kappa shape index (κ3) is 3.27. The molecule has 0 bridgehead atoms. The van der Waals surface area contributed by atoms with Crippen molar-refractivity contribution in [2.45, 2.75) is 49.9 Å². The van der Waals surface area contributed by atoms with Crippen molar-refractivity contribution in [3.63, 3.8) is 0 Å². The molecule has 1 heterocycles. The van der Waals surface area contributed by atoms with E-state index in [1.807, 2.05) is 6.92 Å². The minimum absolute atomic E-state index is 0.0161. The molecule has 2 unspecified atom stereocenters. The Labute approximate surface area is 116 Å². The van der Waals surface area contributed by atoms with Gasteiger partial charge in [0, 0.05) is 19.6 Å². The summed E-state index contributed by atoms with van der Waals surface area (Å²) < 4.78 is 7.50. The highest BCUT2D eigenvalue weighted by molar-refractivity contribution is 7.99. The topological polar surface area (TPSA) is 77.2 Å². The first-order chi connectivity index (χ1) is 9.15. The van der Waals surface area contributed by atoms with E-state index in [0.29, 0.717) is 11.2 Å². The Morgan fingerprint density at radius 3 is 2.89 bits per heavy atom. The fourth-order valence-corrected chi connectivity index (χ4v) is 3.25. The lowest BCUT2D eigenvalue weighted by Gasteiger charge is -2.16. The monoisotopic (exact) mass is 285 g/mol. The van der Waals surface area contributed by atoms with Crippen LogP contribution in [0.5, 0.6) is 0 Å². The van der Waals surface area contributed by atoms with Crippen LogP contribution in [0.15, 0.2) is 5.16 Å². The van der Waals surface area contributed by atoms with Crippen LogP contribution in [-0.2, 0) is 16.0 Å². The Bertz CT molecular complexity index is 449. The second-order valence-corrected chi connectivity index (χ2v) is 5.57. The maximum absolute atomic E-state index is 10.7. The second kappa shape index (κ2) is 6.38. The molecule has 1 aromatic rings. The Morgan fingerprint density at radius 1 is 1.53 bits per heavy atom. The van der Waals surface area contributed by atoms with E-state index >= 15 is 0 Å². The number of carbonyl (C=O) groups is 1. The molecule has 0 aliphatic heterocycles. The summed E-state index contributed by atoms with van der Waals surface area (Å²) >= 11 is 1.24. The molecule has 7 heteroatoms. The Morgan fingerprint density at radius 2 is 2.32 bits per heavy atom. The van der Waals surface area contributed by atoms with E-state index in [4.69, 9.17) is 9.84 Å². The summed E-state index contributed by atoms with van der Waals surface area (Å²) in [5, 5.41) is 17.8. The average molecular weight is 285 g/mol. The van der Waals surface area contributed by atoms with Crippen LogP contribution in [0.2, 0.25) is 0 Å². The van der Waals surface area contributed by atoms with Gasteiger partial charge in [-0.2, -0.15) is 0 Å².